The number of amides is 1. The molecule has 2 rings (SSSR count). The van der Waals surface area contributed by atoms with E-state index in [0.29, 0.717) is 5.56 Å². The molecular formula is C13H10F3N3O2. The van der Waals surface area contributed by atoms with E-state index >= 15 is 0 Å². The Morgan fingerprint density at radius 2 is 2.05 bits per heavy atom. The molecule has 2 aromatic rings. The second kappa shape index (κ2) is 5.39. The molecule has 1 heterocycles. The minimum absolute atomic E-state index is 0.0255. The molecule has 0 saturated carbocycles. The van der Waals surface area contributed by atoms with Crippen LogP contribution in [0.4, 0.5) is 13.2 Å². The van der Waals surface area contributed by atoms with E-state index in [9.17, 15) is 18.0 Å². The number of primary amides is 1. The Balaban J connectivity index is 2.40. The summed E-state index contributed by atoms with van der Waals surface area (Å²) in [4.78, 5) is 11.4. The molecule has 1 aromatic carbocycles. The minimum atomic E-state index is -4.50. The molecule has 0 spiro atoms. The molecular weight excluding hydrogens is 287 g/mol. The summed E-state index contributed by atoms with van der Waals surface area (Å²) >= 11 is 0. The van der Waals surface area contributed by atoms with Gasteiger partial charge in [-0.2, -0.15) is 18.3 Å². The van der Waals surface area contributed by atoms with E-state index in [1.54, 1.807) is 6.92 Å². The van der Waals surface area contributed by atoms with Crippen LogP contribution in [0.25, 0.3) is 0 Å². The molecule has 0 aliphatic carbocycles. The third-order valence-electron chi connectivity index (χ3n) is 2.63. The Kier molecular flexibility index (Phi) is 3.79. The highest BCUT2D eigenvalue weighted by Gasteiger charge is 2.30. The summed E-state index contributed by atoms with van der Waals surface area (Å²) in [6.45, 7) is 1.56. The molecule has 8 heteroatoms. The summed E-state index contributed by atoms with van der Waals surface area (Å²) < 4.78 is 43.1. The van der Waals surface area contributed by atoms with Crippen molar-refractivity contribution < 1.29 is 22.7 Å². The number of carbonyl (C=O) groups excluding carboxylic acids is 1. The Hall–Kier alpha value is -2.64. The number of hydrogen-bond donors (Lipinski definition) is 1. The summed E-state index contributed by atoms with van der Waals surface area (Å²) in [5.41, 5.74) is 4.72. The first kappa shape index (κ1) is 14.8. The van der Waals surface area contributed by atoms with Crippen molar-refractivity contribution >= 4 is 5.91 Å². The Morgan fingerprint density at radius 1 is 1.33 bits per heavy atom. The first-order valence-electron chi connectivity index (χ1n) is 5.76. The first-order valence-corrected chi connectivity index (χ1v) is 5.76. The van der Waals surface area contributed by atoms with Gasteiger partial charge >= 0.3 is 6.18 Å². The maximum atomic E-state index is 12.6. The SMILES string of the molecule is Cc1cnnc(Oc2cccc(C(F)(F)F)c2)c1C(N)=O. The second-order valence-electron chi connectivity index (χ2n) is 4.20. The molecule has 0 saturated heterocycles. The standard InChI is InChI=1S/C13H10F3N3O2/c1-7-6-18-19-12(10(7)11(17)20)21-9-4-2-3-8(5-9)13(14,15)16/h2-6H,1H3,(H2,17,20). The highest BCUT2D eigenvalue weighted by Crippen LogP contribution is 2.33. The zero-order valence-corrected chi connectivity index (χ0v) is 10.8. The fraction of sp³-hybridized carbons (Fsp3) is 0.154. The van der Waals surface area contributed by atoms with Crippen molar-refractivity contribution in [2.24, 2.45) is 5.73 Å². The topological polar surface area (TPSA) is 78.1 Å². The molecule has 5 nitrogen and oxygen atoms in total. The van der Waals surface area contributed by atoms with Gasteiger partial charge in [-0.15, -0.1) is 5.10 Å². The molecule has 0 atom stereocenters. The lowest BCUT2D eigenvalue weighted by Gasteiger charge is -2.11. The molecule has 21 heavy (non-hydrogen) atoms. The summed E-state index contributed by atoms with van der Waals surface area (Å²) in [5, 5.41) is 7.18. The molecule has 1 amide bonds. The van der Waals surface area contributed by atoms with Gasteiger partial charge in [-0.25, -0.2) is 0 Å². The smallest absolute Gasteiger partial charge is 0.416 e. The predicted molar refractivity (Wildman–Crippen MR) is 66.8 cm³/mol. The average molecular weight is 297 g/mol. The van der Waals surface area contributed by atoms with Crippen LogP contribution in [0.5, 0.6) is 11.6 Å². The van der Waals surface area contributed by atoms with E-state index in [1.807, 2.05) is 0 Å². The molecule has 0 fully saturated rings. The highest BCUT2D eigenvalue weighted by atomic mass is 19.4. The van der Waals surface area contributed by atoms with E-state index < -0.39 is 17.6 Å². The molecule has 2 N–H and O–H groups in total. The van der Waals surface area contributed by atoms with E-state index in [2.05, 4.69) is 10.2 Å². The quantitative estimate of drug-likeness (QED) is 0.944. The van der Waals surface area contributed by atoms with Crippen LogP contribution >= 0.6 is 0 Å². The van der Waals surface area contributed by atoms with Gasteiger partial charge in [0, 0.05) is 0 Å². The number of aromatic nitrogens is 2. The number of nitrogens with zero attached hydrogens (tertiary/aromatic N) is 2. The lowest BCUT2D eigenvalue weighted by Crippen LogP contribution is -2.15. The number of nitrogens with two attached hydrogens (primary N) is 1. The first-order chi connectivity index (χ1) is 9.79. The fourth-order valence-electron chi connectivity index (χ4n) is 1.67. The number of carbonyl (C=O) groups is 1. The van der Waals surface area contributed by atoms with Gasteiger partial charge < -0.3 is 10.5 Å². The van der Waals surface area contributed by atoms with Crippen LogP contribution < -0.4 is 10.5 Å². The van der Waals surface area contributed by atoms with Crippen LogP contribution in [-0.4, -0.2) is 16.1 Å². The number of rotatable bonds is 3. The lowest BCUT2D eigenvalue weighted by molar-refractivity contribution is -0.137. The van der Waals surface area contributed by atoms with E-state index in [0.717, 1.165) is 12.1 Å². The average Bonchev–Trinajstić information content (AvgIpc) is 2.37. The molecule has 1 aromatic heterocycles. The third-order valence-corrected chi connectivity index (χ3v) is 2.63. The molecule has 0 aliphatic heterocycles. The van der Waals surface area contributed by atoms with E-state index in [-0.39, 0.29) is 17.2 Å². The number of alkyl halides is 3. The monoisotopic (exact) mass is 297 g/mol. The number of ether oxygens (including phenoxy) is 1. The van der Waals surface area contributed by atoms with Crippen molar-refractivity contribution in [3.63, 3.8) is 0 Å². The van der Waals surface area contributed by atoms with Crippen molar-refractivity contribution in [3.8, 4) is 11.6 Å². The minimum Gasteiger partial charge on any atom is -0.437 e. The normalized spacial score (nSPS) is 11.2. The molecule has 0 radical (unpaired) electrons. The lowest BCUT2D eigenvalue weighted by atomic mass is 10.1. The maximum Gasteiger partial charge on any atom is 0.416 e. The molecule has 0 bridgehead atoms. The fourth-order valence-corrected chi connectivity index (χ4v) is 1.67. The number of aryl methyl sites for hydroxylation is 1. The zero-order valence-electron chi connectivity index (χ0n) is 10.8. The van der Waals surface area contributed by atoms with Crippen molar-refractivity contribution in [2.75, 3.05) is 0 Å². The van der Waals surface area contributed by atoms with Gasteiger partial charge in [0.05, 0.1) is 11.8 Å². The number of hydrogen-bond acceptors (Lipinski definition) is 4. The van der Waals surface area contributed by atoms with Crippen LogP contribution in [-0.2, 0) is 6.18 Å². The number of benzene rings is 1. The number of halogens is 3. The van der Waals surface area contributed by atoms with Gasteiger partial charge in [0.1, 0.15) is 11.3 Å². The Bertz CT molecular complexity index is 687. The van der Waals surface area contributed by atoms with Gasteiger partial charge in [0.2, 0.25) is 0 Å². The van der Waals surface area contributed by atoms with Gasteiger partial charge in [-0.1, -0.05) is 6.07 Å². The van der Waals surface area contributed by atoms with Crippen molar-refractivity contribution in [1.82, 2.24) is 10.2 Å². The Morgan fingerprint density at radius 3 is 2.67 bits per heavy atom. The van der Waals surface area contributed by atoms with Crippen LogP contribution in [0.15, 0.2) is 30.5 Å². The van der Waals surface area contributed by atoms with Crippen LogP contribution in [0.1, 0.15) is 21.5 Å². The van der Waals surface area contributed by atoms with Crippen LogP contribution in [0.3, 0.4) is 0 Å². The highest BCUT2D eigenvalue weighted by molar-refractivity contribution is 5.96. The second-order valence-corrected chi connectivity index (χ2v) is 4.20. The summed E-state index contributed by atoms with van der Waals surface area (Å²) in [6, 6.07) is 4.20. The molecule has 0 aliphatic rings. The van der Waals surface area contributed by atoms with E-state index in [1.165, 1.54) is 18.3 Å². The van der Waals surface area contributed by atoms with Crippen molar-refractivity contribution in [1.29, 1.82) is 0 Å². The zero-order chi connectivity index (χ0) is 15.6. The van der Waals surface area contributed by atoms with Crippen molar-refractivity contribution in [3.05, 3.63) is 47.2 Å². The summed E-state index contributed by atoms with van der Waals surface area (Å²) in [6.07, 6.45) is -3.19. The largest absolute Gasteiger partial charge is 0.437 e. The van der Waals surface area contributed by atoms with Crippen LogP contribution in [0, 0.1) is 6.92 Å². The van der Waals surface area contributed by atoms with Crippen molar-refractivity contribution in [2.45, 2.75) is 13.1 Å². The van der Waals surface area contributed by atoms with Gasteiger partial charge in [-0.05, 0) is 30.7 Å². The van der Waals surface area contributed by atoms with Gasteiger partial charge in [0.15, 0.2) is 0 Å². The maximum absolute atomic E-state index is 12.6. The molecule has 110 valence electrons. The Labute approximate surface area is 117 Å². The predicted octanol–water partition coefficient (Wildman–Crippen LogP) is 2.70. The van der Waals surface area contributed by atoms with Crippen LogP contribution in [0.2, 0.25) is 0 Å². The summed E-state index contributed by atoms with van der Waals surface area (Å²) in [7, 11) is 0. The van der Waals surface area contributed by atoms with E-state index in [4.69, 9.17) is 10.5 Å². The molecule has 0 unspecified atom stereocenters. The summed E-state index contributed by atoms with van der Waals surface area (Å²) in [5.74, 6) is -1.15. The third kappa shape index (κ3) is 3.28. The van der Waals surface area contributed by atoms with Gasteiger partial charge in [0.25, 0.3) is 11.8 Å². The van der Waals surface area contributed by atoms with Gasteiger partial charge in [-0.3, -0.25) is 4.79 Å².